The van der Waals surface area contributed by atoms with Gasteiger partial charge in [-0.3, -0.25) is 24.0 Å². The molecule has 0 aliphatic carbocycles. The summed E-state index contributed by atoms with van der Waals surface area (Å²) in [7, 11) is 0. The van der Waals surface area contributed by atoms with Crippen molar-refractivity contribution in [1.29, 1.82) is 0 Å². The SMILES string of the molecule is NCCCC(CC(=O)NCCN)NC(=O)C(CCCN)NC(=O)C1Cc2cccc(c2)-c2ccc(O)c(c2)CC([NH3+])C(=O)NC(CCCN)C(=O)N1. The van der Waals surface area contributed by atoms with E-state index in [0.717, 1.165) is 11.1 Å². The number of benzene rings is 2. The van der Waals surface area contributed by atoms with Crippen LogP contribution in [0.3, 0.4) is 0 Å². The van der Waals surface area contributed by atoms with Gasteiger partial charge in [-0.05, 0) is 87.0 Å². The van der Waals surface area contributed by atoms with Crippen LogP contribution in [0, 0.1) is 0 Å². The lowest BCUT2D eigenvalue weighted by Gasteiger charge is -2.27. The summed E-state index contributed by atoms with van der Waals surface area (Å²) in [6.07, 6.45) is 2.42. The Morgan fingerprint density at radius 1 is 0.846 bits per heavy atom. The fraction of sp³-hybridized carbons (Fsp3) is 0.528. The Kier molecular flexibility index (Phi) is 17.4. The molecule has 4 bridgehead atoms. The van der Waals surface area contributed by atoms with E-state index < -0.39 is 53.8 Å². The van der Waals surface area contributed by atoms with Gasteiger partial charge in [0.2, 0.25) is 23.6 Å². The topological polar surface area (TPSA) is 297 Å². The number of aromatic hydroxyl groups is 1. The second-order valence-electron chi connectivity index (χ2n) is 13.2. The molecule has 5 amide bonds. The van der Waals surface area contributed by atoms with Gasteiger partial charge >= 0.3 is 0 Å². The first-order valence-electron chi connectivity index (χ1n) is 18.0. The normalized spacial score (nSPS) is 18.8. The van der Waals surface area contributed by atoms with Gasteiger partial charge in [0.15, 0.2) is 6.04 Å². The van der Waals surface area contributed by atoms with E-state index in [0.29, 0.717) is 49.9 Å². The Morgan fingerprint density at radius 2 is 1.56 bits per heavy atom. The van der Waals surface area contributed by atoms with Crippen molar-refractivity contribution < 1.29 is 34.8 Å². The Morgan fingerprint density at radius 3 is 2.27 bits per heavy atom. The first kappa shape index (κ1) is 41.8. The van der Waals surface area contributed by atoms with E-state index in [1.165, 1.54) is 0 Å². The van der Waals surface area contributed by atoms with Gasteiger partial charge in [0.1, 0.15) is 23.9 Å². The van der Waals surface area contributed by atoms with E-state index >= 15 is 0 Å². The summed E-state index contributed by atoms with van der Waals surface area (Å²) in [5.74, 6) is -2.48. The van der Waals surface area contributed by atoms with E-state index in [1.54, 1.807) is 18.2 Å². The van der Waals surface area contributed by atoms with Crippen molar-refractivity contribution in [3.63, 3.8) is 0 Å². The van der Waals surface area contributed by atoms with Gasteiger partial charge in [-0.1, -0.05) is 30.3 Å². The Labute approximate surface area is 304 Å². The quantitative estimate of drug-likeness (QED) is 0.0808. The van der Waals surface area contributed by atoms with Crippen LogP contribution in [-0.4, -0.2) is 97.6 Å². The maximum absolute atomic E-state index is 14.1. The van der Waals surface area contributed by atoms with Gasteiger partial charge in [0, 0.05) is 44.0 Å². The third-order valence-corrected chi connectivity index (χ3v) is 8.91. The number of fused-ring (bicyclic) bond motifs is 5. The predicted octanol–water partition coefficient (Wildman–Crippen LogP) is -2.61. The molecule has 2 aromatic carbocycles. The average Bonchev–Trinajstić information content (AvgIpc) is 3.13. The smallest absolute Gasteiger partial charge is 0.279 e. The summed E-state index contributed by atoms with van der Waals surface area (Å²) in [4.78, 5) is 67.4. The molecule has 1 aliphatic rings. The highest BCUT2D eigenvalue weighted by Crippen LogP contribution is 2.28. The molecule has 16 nitrogen and oxygen atoms in total. The number of nitrogens with two attached hydrogens (primary N) is 4. The van der Waals surface area contributed by atoms with Crippen LogP contribution >= 0.6 is 0 Å². The average molecular weight is 726 g/mol. The molecule has 286 valence electrons. The molecule has 0 fully saturated rings. The number of rotatable bonds is 17. The standard InChI is InChI=1S/C36H56N10O6/c37-12-2-7-26(21-32(48)42-16-15-40)43-34(50)28(8-3-13-38)45-36(52)30-18-22-5-1-6-23(17-22)24-10-11-31(47)25(19-24)20-27(41)33(49)44-29(9-4-14-39)35(51)46-30/h1,5-6,10-11,17,19,26-30,47H,2-4,7-9,12-16,18,20-21,37-41H2,(H,42,48)(H,43,50)(H,44,49)(H,45,52)(H,46,51)/p+1. The number of carbonyl (C=O) groups is 5. The number of hydrogen-bond donors (Lipinski definition) is 11. The molecule has 17 N–H and O–H groups in total. The summed E-state index contributed by atoms with van der Waals surface area (Å²) in [5, 5.41) is 24.6. The minimum atomic E-state index is -1.15. The van der Waals surface area contributed by atoms with Crippen LogP contribution in [-0.2, 0) is 36.8 Å². The van der Waals surface area contributed by atoms with Crippen LogP contribution in [0.15, 0.2) is 42.5 Å². The van der Waals surface area contributed by atoms with Crippen molar-refractivity contribution >= 4 is 29.5 Å². The third-order valence-electron chi connectivity index (χ3n) is 8.91. The molecule has 0 saturated heterocycles. The first-order chi connectivity index (χ1) is 25.0. The van der Waals surface area contributed by atoms with Crippen molar-refractivity contribution in [3.05, 3.63) is 53.6 Å². The number of phenols is 1. The summed E-state index contributed by atoms with van der Waals surface area (Å²) in [6.45, 7) is 1.46. The minimum Gasteiger partial charge on any atom is -0.508 e. The zero-order valence-corrected chi connectivity index (χ0v) is 29.8. The van der Waals surface area contributed by atoms with Crippen LogP contribution in [0.25, 0.3) is 11.1 Å². The molecule has 1 aliphatic heterocycles. The molecule has 5 unspecified atom stereocenters. The van der Waals surface area contributed by atoms with Crippen molar-refractivity contribution in [2.75, 3.05) is 32.7 Å². The highest BCUT2D eigenvalue weighted by Gasteiger charge is 2.32. The highest BCUT2D eigenvalue weighted by molar-refractivity contribution is 5.95. The van der Waals surface area contributed by atoms with Crippen LogP contribution < -0.4 is 55.3 Å². The lowest BCUT2D eigenvalue weighted by Crippen LogP contribution is -2.70. The third kappa shape index (κ3) is 13.2. The fourth-order valence-electron chi connectivity index (χ4n) is 6.02. The molecule has 52 heavy (non-hydrogen) atoms. The monoisotopic (exact) mass is 725 g/mol. The van der Waals surface area contributed by atoms with Gasteiger partial charge in [-0.2, -0.15) is 0 Å². The van der Waals surface area contributed by atoms with Crippen LogP contribution in [0.5, 0.6) is 5.75 Å². The van der Waals surface area contributed by atoms with Gasteiger partial charge in [-0.15, -0.1) is 0 Å². The molecule has 0 spiro atoms. The number of phenolic OH excluding ortho intramolecular Hbond substituents is 1. The van der Waals surface area contributed by atoms with Gasteiger partial charge < -0.3 is 60.4 Å². The number of hydrogen-bond acceptors (Lipinski definition) is 10. The number of amides is 5. The molecule has 3 rings (SSSR count). The number of quaternary nitrogens is 1. The summed E-state index contributed by atoms with van der Waals surface area (Å²) < 4.78 is 0. The van der Waals surface area contributed by atoms with Gasteiger partial charge in [0.05, 0.1) is 0 Å². The van der Waals surface area contributed by atoms with Crippen molar-refractivity contribution in [1.82, 2.24) is 26.6 Å². The van der Waals surface area contributed by atoms with E-state index in [1.807, 2.05) is 24.3 Å². The summed E-state index contributed by atoms with van der Waals surface area (Å²) in [5.41, 5.74) is 29.5. The molecule has 5 atom stereocenters. The Bertz CT molecular complexity index is 1510. The van der Waals surface area contributed by atoms with Crippen LogP contribution in [0.1, 0.15) is 56.1 Å². The highest BCUT2D eigenvalue weighted by atomic mass is 16.3. The predicted molar refractivity (Wildman–Crippen MR) is 197 cm³/mol. The second-order valence-corrected chi connectivity index (χ2v) is 13.2. The molecule has 0 radical (unpaired) electrons. The van der Waals surface area contributed by atoms with Crippen LogP contribution in [0.2, 0.25) is 0 Å². The second kappa shape index (κ2) is 21.7. The van der Waals surface area contributed by atoms with Crippen LogP contribution in [0.4, 0.5) is 0 Å². The van der Waals surface area contributed by atoms with Crippen molar-refractivity contribution in [2.24, 2.45) is 22.9 Å². The number of nitrogens with one attached hydrogen (secondary N) is 5. The first-order valence-corrected chi connectivity index (χ1v) is 18.0. The minimum absolute atomic E-state index is 0.00485. The molecule has 1 heterocycles. The molecular formula is C36H57N10O6+. The van der Waals surface area contributed by atoms with Gasteiger partial charge in [0.25, 0.3) is 5.91 Å². The molecule has 16 heteroatoms. The maximum Gasteiger partial charge on any atom is 0.279 e. The molecule has 2 aromatic rings. The zero-order chi connectivity index (χ0) is 38.0. The lowest BCUT2D eigenvalue weighted by molar-refractivity contribution is -0.403. The number of carbonyl (C=O) groups excluding carboxylic acids is 5. The lowest BCUT2D eigenvalue weighted by atomic mass is 9.96. The summed E-state index contributed by atoms with van der Waals surface area (Å²) >= 11 is 0. The fourth-order valence-corrected chi connectivity index (χ4v) is 6.02. The van der Waals surface area contributed by atoms with Crippen molar-refractivity contribution in [2.45, 2.75) is 88.0 Å². The Hall–Kier alpha value is -4.61. The largest absolute Gasteiger partial charge is 0.508 e. The van der Waals surface area contributed by atoms with Gasteiger partial charge in [-0.25, -0.2) is 0 Å². The van der Waals surface area contributed by atoms with E-state index in [2.05, 4.69) is 32.3 Å². The zero-order valence-electron chi connectivity index (χ0n) is 29.8. The molecular weight excluding hydrogens is 668 g/mol. The molecule has 0 aromatic heterocycles. The Balaban J connectivity index is 1.96. The molecule has 0 saturated carbocycles. The van der Waals surface area contributed by atoms with Crippen molar-refractivity contribution in [3.8, 4) is 16.9 Å². The summed E-state index contributed by atoms with van der Waals surface area (Å²) in [6, 6.07) is 7.93. The van der Waals surface area contributed by atoms with E-state index in [4.69, 9.17) is 22.9 Å². The van der Waals surface area contributed by atoms with E-state index in [-0.39, 0.29) is 63.4 Å². The maximum atomic E-state index is 14.1. The van der Waals surface area contributed by atoms with E-state index in [9.17, 15) is 29.1 Å².